The first-order valence-corrected chi connectivity index (χ1v) is 9.72. The lowest BCUT2D eigenvalue weighted by molar-refractivity contribution is -0.0445. The van der Waals surface area contributed by atoms with Crippen molar-refractivity contribution in [1.29, 1.82) is 0 Å². The normalized spacial score (nSPS) is 27.3. The lowest BCUT2D eigenvalue weighted by Gasteiger charge is -2.47. The largest absolute Gasteiger partial charge is 0.393 e. The average molecular weight is 338 g/mol. The zero-order valence-corrected chi connectivity index (χ0v) is 15.5. The van der Waals surface area contributed by atoms with Crippen LogP contribution < -0.4 is 0 Å². The van der Waals surface area contributed by atoms with E-state index < -0.39 is 0 Å². The van der Waals surface area contributed by atoms with E-state index in [1.807, 2.05) is 0 Å². The highest BCUT2D eigenvalue weighted by atomic mass is 16.3. The van der Waals surface area contributed by atoms with Gasteiger partial charge in [-0.3, -0.25) is 4.90 Å². The number of benzene rings is 2. The summed E-state index contributed by atoms with van der Waals surface area (Å²) in [5.74, 6) is 0.305. The highest BCUT2D eigenvalue weighted by molar-refractivity contribution is 5.25. The third-order valence-electron chi connectivity index (χ3n) is 5.76. The second-order valence-electron chi connectivity index (χ2n) is 7.41. The van der Waals surface area contributed by atoms with E-state index in [0.717, 1.165) is 12.8 Å². The van der Waals surface area contributed by atoms with Crippen molar-refractivity contribution in [2.45, 2.75) is 57.2 Å². The monoisotopic (exact) mass is 337 g/mol. The number of unbranched alkanes of at least 4 members (excludes halogenated alkanes) is 2. The van der Waals surface area contributed by atoms with Crippen LogP contribution >= 0.6 is 0 Å². The summed E-state index contributed by atoms with van der Waals surface area (Å²) in [6.45, 7) is 2.24. The van der Waals surface area contributed by atoms with Crippen LogP contribution in [0, 0.1) is 5.92 Å². The van der Waals surface area contributed by atoms with Crippen LogP contribution in [0.4, 0.5) is 0 Å². The van der Waals surface area contributed by atoms with Gasteiger partial charge in [-0.2, -0.15) is 0 Å². The van der Waals surface area contributed by atoms with Crippen molar-refractivity contribution in [1.82, 2.24) is 4.90 Å². The fourth-order valence-corrected chi connectivity index (χ4v) is 4.44. The minimum absolute atomic E-state index is 0.247. The first-order chi connectivity index (χ1) is 12.2. The van der Waals surface area contributed by atoms with Gasteiger partial charge < -0.3 is 5.11 Å². The Hall–Kier alpha value is -1.64. The lowest BCUT2D eigenvalue weighted by atomic mass is 9.76. The van der Waals surface area contributed by atoms with Gasteiger partial charge in [0.05, 0.1) is 6.10 Å². The fraction of sp³-hybridized carbons (Fsp3) is 0.478. The maximum atomic E-state index is 11.0. The molecule has 1 aliphatic heterocycles. The van der Waals surface area contributed by atoms with Gasteiger partial charge in [-0.15, -0.1) is 0 Å². The van der Waals surface area contributed by atoms with Gasteiger partial charge in [0.15, 0.2) is 0 Å². The topological polar surface area (TPSA) is 23.5 Å². The molecule has 1 heterocycles. The highest BCUT2D eigenvalue weighted by Gasteiger charge is 2.41. The summed E-state index contributed by atoms with van der Waals surface area (Å²) in [6.07, 6.45) is 5.34. The number of aliphatic hydroxyl groups is 1. The average Bonchev–Trinajstić information content (AvgIpc) is 2.66. The molecule has 0 aliphatic carbocycles. The predicted octanol–water partition coefficient (Wildman–Crippen LogP) is 5.36. The van der Waals surface area contributed by atoms with E-state index >= 15 is 0 Å². The predicted molar refractivity (Wildman–Crippen MR) is 104 cm³/mol. The smallest absolute Gasteiger partial charge is 0.0604 e. The molecule has 3 rings (SSSR count). The van der Waals surface area contributed by atoms with E-state index in [9.17, 15) is 5.11 Å². The number of hydrogen-bond donors (Lipinski definition) is 1. The summed E-state index contributed by atoms with van der Waals surface area (Å²) in [5, 5.41) is 11.0. The van der Waals surface area contributed by atoms with E-state index in [4.69, 9.17) is 0 Å². The van der Waals surface area contributed by atoms with E-state index in [0.29, 0.717) is 5.92 Å². The Bertz CT molecular complexity index is 627. The van der Waals surface area contributed by atoms with Crippen molar-refractivity contribution < 1.29 is 5.11 Å². The number of piperidine rings is 1. The van der Waals surface area contributed by atoms with Crippen molar-refractivity contribution in [3.8, 4) is 0 Å². The molecule has 1 aliphatic rings. The molecule has 0 saturated carbocycles. The second kappa shape index (κ2) is 8.64. The van der Waals surface area contributed by atoms with Crippen LogP contribution in [0.3, 0.4) is 0 Å². The third kappa shape index (κ3) is 4.13. The first-order valence-electron chi connectivity index (χ1n) is 9.72. The summed E-state index contributed by atoms with van der Waals surface area (Å²) in [6, 6.07) is 21.9. The second-order valence-corrected chi connectivity index (χ2v) is 7.41. The molecule has 0 aromatic heterocycles. The number of nitrogens with zero attached hydrogens (tertiary/aromatic N) is 1. The number of rotatable bonds is 6. The zero-order chi connectivity index (χ0) is 17.6. The van der Waals surface area contributed by atoms with E-state index in [2.05, 4.69) is 79.5 Å². The van der Waals surface area contributed by atoms with Gasteiger partial charge in [-0.1, -0.05) is 86.8 Å². The number of likely N-dealkylation sites (tertiary alicyclic amines) is 1. The standard InChI is InChI=1S/C23H31NO/c1-3-4-7-16-20-22(25)17-21(18-12-8-5-9-13-18)24(2)23(20)19-14-10-6-11-15-19/h5-6,8-15,20-23,25H,3-4,7,16-17H2,1-2H3/t20-,21-,22-,23-/m1/s1. The Balaban J connectivity index is 1.90. The summed E-state index contributed by atoms with van der Waals surface area (Å²) in [4.78, 5) is 2.49. The Labute approximate surface area is 152 Å². The summed E-state index contributed by atoms with van der Waals surface area (Å²) >= 11 is 0. The van der Waals surface area contributed by atoms with Gasteiger partial charge in [-0.05, 0) is 31.0 Å². The van der Waals surface area contributed by atoms with Crippen molar-refractivity contribution >= 4 is 0 Å². The van der Waals surface area contributed by atoms with Gasteiger partial charge in [-0.25, -0.2) is 0 Å². The van der Waals surface area contributed by atoms with Crippen molar-refractivity contribution in [2.75, 3.05) is 7.05 Å². The van der Waals surface area contributed by atoms with Crippen LogP contribution in [-0.4, -0.2) is 23.2 Å². The number of hydrogen-bond acceptors (Lipinski definition) is 2. The minimum Gasteiger partial charge on any atom is -0.393 e. The Kier molecular flexibility index (Phi) is 6.28. The molecule has 0 amide bonds. The molecule has 1 saturated heterocycles. The van der Waals surface area contributed by atoms with Crippen LogP contribution in [0.5, 0.6) is 0 Å². The van der Waals surface area contributed by atoms with Crippen LogP contribution in [0.15, 0.2) is 60.7 Å². The van der Waals surface area contributed by atoms with Gasteiger partial charge in [0.1, 0.15) is 0 Å². The molecule has 25 heavy (non-hydrogen) atoms. The molecular weight excluding hydrogens is 306 g/mol. The van der Waals surface area contributed by atoms with Crippen LogP contribution in [0.1, 0.15) is 62.2 Å². The molecule has 2 aromatic rings. The third-order valence-corrected chi connectivity index (χ3v) is 5.76. The van der Waals surface area contributed by atoms with E-state index in [1.165, 1.54) is 30.4 Å². The maximum Gasteiger partial charge on any atom is 0.0604 e. The molecular formula is C23H31NO. The first kappa shape index (κ1) is 18.2. The Morgan fingerprint density at radius 3 is 2.12 bits per heavy atom. The Morgan fingerprint density at radius 1 is 0.920 bits per heavy atom. The molecule has 134 valence electrons. The molecule has 0 unspecified atom stereocenters. The molecule has 0 spiro atoms. The van der Waals surface area contributed by atoms with Crippen molar-refractivity contribution in [2.24, 2.45) is 5.92 Å². The van der Waals surface area contributed by atoms with Gasteiger partial charge in [0.25, 0.3) is 0 Å². The van der Waals surface area contributed by atoms with Gasteiger partial charge in [0, 0.05) is 18.0 Å². The van der Waals surface area contributed by atoms with Gasteiger partial charge in [0.2, 0.25) is 0 Å². The fourth-order valence-electron chi connectivity index (χ4n) is 4.44. The minimum atomic E-state index is -0.247. The molecule has 1 N–H and O–H groups in total. The van der Waals surface area contributed by atoms with Crippen molar-refractivity contribution in [3.05, 3.63) is 71.8 Å². The molecule has 0 bridgehead atoms. The van der Waals surface area contributed by atoms with Crippen molar-refractivity contribution in [3.63, 3.8) is 0 Å². The van der Waals surface area contributed by atoms with Crippen LogP contribution in [0.25, 0.3) is 0 Å². The Morgan fingerprint density at radius 2 is 1.52 bits per heavy atom. The highest BCUT2D eigenvalue weighted by Crippen LogP contribution is 2.45. The van der Waals surface area contributed by atoms with Crippen LogP contribution in [0.2, 0.25) is 0 Å². The zero-order valence-electron chi connectivity index (χ0n) is 15.5. The maximum absolute atomic E-state index is 11.0. The summed E-state index contributed by atoms with van der Waals surface area (Å²) in [7, 11) is 2.23. The molecule has 2 nitrogen and oxygen atoms in total. The molecule has 0 radical (unpaired) electrons. The molecule has 2 aromatic carbocycles. The molecule has 2 heteroatoms. The van der Waals surface area contributed by atoms with Crippen LogP contribution in [-0.2, 0) is 0 Å². The van der Waals surface area contributed by atoms with E-state index in [-0.39, 0.29) is 18.2 Å². The quantitative estimate of drug-likeness (QED) is 0.717. The molecule has 4 atom stereocenters. The summed E-state index contributed by atoms with van der Waals surface area (Å²) in [5.41, 5.74) is 2.63. The van der Waals surface area contributed by atoms with Gasteiger partial charge >= 0.3 is 0 Å². The molecule has 1 fully saturated rings. The lowest BCUT2D eigenvalue weighted by Crippen LogP contribution is -2.45. The number of aliphatic hydroxyl groups excluding tert-OH is 1. The van der Waals surface area contributed by atoms with E-state index in [1.54, 1.807) is 0 Å². The summed E-state index contributed by atoms with van der Waals surface area (Å²) < 4.78 is 0. The SMILES string of the molecule is CCCCC[C@@H]1[C@H](O)C[C@H](c2ccccc2)N(C)[C@@H]1c1ccccc1.